The van der Waals surface area contributed by atoms with Gasteiger partial charge in [-0.3, -0.25) is 0 Å². The summed E-state index contributed by atoms with van der Waals surface area (Å²) in [5.74, 6) is -0.272. The lowest BCUT2D eigenvalue weighted by Crippen LogP contribution is -2.25. The van der Waals surface area contributed by atoms with E-state index in [0.29, 0.717) is 11.1 Å². The molecular weight excluding hydrogens is 220 g/mol. The lowest BCUT2D eigenvalue weighted by atomic mass is 9.94. The molecule has 3 heteroatoms. The molecule has 0 spiro atoms. The fourth-order valence-electron chi connectivity index (χ4n) is 2.76. The van der Waals surface area contributed by atoms with Crippen molar-refractivity contribution in [2.24, 2.45) is 5.92 Å². The molecule has 0 saturated heterocycles. The molecule has 0 amide bonds. The summed E-state index contributed by atoms with van der Waals surface area (Å²) in [6.07, 6.45) is 0.990. The Morgan fingerprint density at radius 2 is 1.71 bits per heavy atom. The topological polar surface area (TPSA) is 12.0 Å². The molecule has 2 rings (SSSR count). The van der Waals surface area contributed by atoms with E-state index in [4.69, 9.17) is 0 Å². The van der Waals surface area contributed by atoms with Crippen molar-refractivity contribution in [3.8, 4) is 0 Å². The van der Waals surface area contributed by atoms with Crippen molar-refractivity contribution in [1.82, 2.24) is 5.32 Å². The van der Waals surface area contributed by atoms with Crippen LogP contribution in [0.2, 0.25) is 0 Å². The van der Waals surface area contributed by atoms with E-state index in [2.05, 4.69) is 19.2 Å². The number of benzene rings is 1. The predicted molar refractivity (Wildman–Crippen MR) is 65.0 cm³/mol. The molecule has 0 fully saturated rings. The summed E-state index contributed by atoms with van der Waals surface area (Å²) >= 11 is 0. The molecule has 1 aliphatic rings. The van der Waals surface area contributed by atoms with Crippen LogP contribution in [0.4, 0.5) is 8.78 Å². The van der Waals surface area contributed by atoms with Crippen molar-refractivity contribution in [2.75, 3.05) is 6.54 Å². The highest BCUT2D eigenvalue weighted by atomic mass is 19.1. The molecule has 0 heterocycles. The Bertz CT molecular complexity index is 417. The molecule has 1 aliphatic carbocycles. The highest BCUT2D eigenvalue weighted by Gasteiger charge is 2.38. The maximum absolute atomic E-state index is 13.9. The first-order valence-electron chi connectivity index (χ1n) is 6.29. The van der Waals surface area contributed by atoms with Crippen molar-refractivity contribution in [1.29, 1.82) is 0 Å². The number of nitrogens with one attached hydrogen (secondary N) is 1. The van der Waals surface area contributed by atoms with Gasteiger partial charge in [0.1, 0.15) is 11.6 Å². The summed E-state index contributed by atoms with van der Waals surface area (Å²) in [4.78, 5) is 0. The van der Waals surface area contributed by atoms with Crippen LogP contribution >= 0.6 is 0 Å². The highest BCUT2D eigenvalue weighted by Crippen LogP contribution is 2.46. The van der Waals surface area contributed by atoms with Gasteiger partial charge in [0.2, 0.25) is 0 Å². The molecule has 0 saturated carbocycles. The van der Waals surface area contributed by atoms with Crippen LogP contribution in [0.5, 0.6) is 0 Å². The van der Waals surface area contributed by atoms with E-state index in [1.807, 2.05) is 6.92 Å². The third-order valence-electron chi connectivity index (χ3n) is 3.88. The number of halogens is 2. The molecular formula is C14H19F2N. The smallest absolute Gasteiger partial charge is 0.128 e. The van der Waals surface area contributed by atoms with Gasteiger partial charge in [-0.25, -0.2) is 8.78 Å². The average Bonchev–Trinajstić information content (AvgIpc) is 2.56. The van der Waals surface area contributed by atoms with Crippen molar-refractivity contribution >= 4 is 0 Å². The van der Waals surface area contributed by atoms with E-state index in [1.54, 1.807) is 0 Å². The zero-order valence-corrected chi connectivity index (χ0v) is 10.6. The normalized spacial score (nSPS) is 27.2. The van der Waals surface area contributed by atoms with Crippen LogP contribution in [0.15, 0.2) is 12.1 Å². The summed E-state index contributed by atoms with van der Waals surface area (Å²) < 4.78 is 27.7. The van der Waals surface area contributed by atoms with Gasteiger partial charge < -0.3 is 5.32 Å². The van der Waals surface area contributed by atoms with Gasteiger partial charge in [0, 0.05) is 11.6 Å². The van der Waals surface area contributed by atoms with Gasteiger partial charge in [-0.05, 0) is 42.5 Å². The Morgan fingerprint density at radius 1 is 1.12 bits per heavy atom. The van der Waals surface area contributed by atoms with Gasteiger partial charge in [0.25, 0.3) is 0 Å². The first-order chi connectivity index (χ1) is 8.07. The quantitative estimate of drug-likeness (QED) is 0.847. The number of hydrogen-bond donors (Lipinski definition) is 1. The minimum Gasteiger partial charge on any atom is -0.310 e. The van der Waals surface area contributed by atoms with E-state index < -0.39 is 0 Å². The first kappa shape index (κ1) is 12.5. The monoisotopic (exact) mass is 239 g/mol. The number of fused-ring (bicyclic) bond motifs is 1. The van der Waals surface area contributed by atoms with Crippen LogP contribution in [0, 0.1) is 17.6 Å². The van der Waals surface area contributed by atoms with Gasteiger partial charge in [-0.15, -0.1) is 0 Å². The van der Waals surface area contributed by atoms with E-state index in [9.17, 15) is 8.78 Å². The molecule has 94 valence electrons. The Kier molecular flexibility index (Phi) is 3.48. The summed E-state index contributed by atoms with van der Waals surface area (Å²) in [6.45, 7) is 6.92. The van der Waals surface area contributed by atoms with Crippen molar-refractivity contribution in [3.63, 3.8) is 0 Å². The van der Waals surface area contributed by atoms with Crippen molar-refractivity contribution in [3.05, 3.63) is 34.9 Å². The molecule has 1 aromatic carbocycles. The Morgan fingerprint density at radius 3 is 2.29 bits per heavy atom. The molecule has 0 radical (unpaired) electrons. The zero-order valence-electron chi connectivity index (χ0n) is 10.6. The van der Waals surface area contributed by atoms with Crippen molar-refractivity contribution in [2.45, 2.75) is 39.2 Å². The third-order valence-corrected chi connectivity index (χ3v) is 3.88. The molecule has 1 aromatic rings. The van der Waals surface area contributed by atoms with E-state index >= 15 is 0 Å². The Hall–Kier alpha value is -0.960. The summed E-state index contributed by atoms with van der Waals surface area (Å²) in [5, 5.41) is 3.33. The fourth-order valence-corrected chi connectivity index (χ4v) is 2.76. The molecule has 0 aliphatic heterocycles. The van der Waals surface area contributed by atoms with Crippen LogP contribution < -0.4 is 5.32 Å². The average molecular weight is 239 g/mol. The number of hydrogen-bond acceptors (Lipinski definition) is 1. The molecule has 0 bridgehead atoms. The second-order valence-corrected chi connectivity index (χ2v) is 4.94. The SMILES string of the molecule is CCCNC1c2c(F)ccc(F)c2C(C)C1C. The van der Waals surface area contributed by atoms with Crippen molar-refractivity contribution < 1.29 is 8.78 Å². The van der Waals surface area contributed by atoms with E-state index in [1.165, 1.54) is 12.1 Å². The van der Waals surface area contributed by atoms with Gasteiger partial charge in [-0.2, -0.15) is 0 Å². The van der Waals surface area contributed by atoms with Gasteiger partial charge >= 0.3 is 0 Å². The van der Waals surface area contributed by atoms with E-state index in [0.717, 1.165) is 13.0 Å². The maximum atomic E-state index is 13.9. The van der Waals surface area contributed by atoms with Crippen LogP contribution in [-0.4, -0.2) is 6.54 Å². The second kappa shape index (κ2) is 4.73. The zero-order chi connectivity index (χ0) is 12.6. The van der Waals surface area contributed by atoms with E-state index in [-0.39, 0.29) is 29.5 Å². The molecule has 17 heavy (non-hydrogen) atoms. The van der Waals surface area contributed by atoms with Crippen LogP contribution in [0.1, 0.15) is 50.3 Å². The van der Waals surface area contributed by atoms with Crippen LogP contribution in [0.25, 0.3) is 0 Å². The fraction of sp³-hybridized carbons (Fsp3) is 0.571. The minimum atomic E-state index is -0.286. The molecule has 1 nitrogen and oxygen atoms in total. The highest BCUT2D eigenvalue weighted by molar-refractivity contribution is 5.41. The summed E-state index contributed by atoms with van der Waals surface area (Å²) in [5.41, 5.74) is 1.10. The standard InChI is InChI=1S/C14H19F2N/c1-4-7-17-14-9(3)8(2)12-10(15)5-6-11(16)13(12)14/h5-6,8-9,14,17H,4,7H2,1-3H3. The largest absolute Gasteiger partial charge is 0.310 e. The lowest BCUT2D eigenvalue weighted by molar-refractivity contribution is 0.372. The van der Waals surface area contributed by atoms with Crippen LogP contribution in [0.3, 0.4) is 0 Å². The maximum Gasteiger partial charge on any atom is 0.128 e. The predicted octanol–water partition coefficient (Wildman–Crippen LogP) is 3.76. The van der Waals surface area contributed by atoms with Gasteiger partial charge in [-0.1, -0.05) is 20.8 Å². The third kappa shape index (κ3) is 1.97. The molecule has 3 atom stereocenters. The van der Waals surface area contributed by atoms with Gasteiger partial charge in [0.05, 0.1) is 0 Å². The first-order valence-corrected chi connectivity index (χ1v) is 6.29. The Balaban J connectivity index is 2.44. The molecule has 0 aromatic heterocycles. The molecule has 3 unspecified atom stereocenters. The minimum absolute atomic E-state index is 0.0596. The lowest BCUT2D eigenvalue weighted by Gasteiger charge is -2.20. The molecule has 1 N–H and O–H groups in total. The van der Waals surface area contributed by atoms with Gasteiger partial charge in [0.15, 0.2) is 0 Å². The summed E-state index contributed by atoms with van der Waals surface area (Å²) in [6, 6.07) is 2.41. The Labute approximate surface area is 101 Å². The summed E-state index contributed by atoms with van der Waals surface area (Å²) in [7, 11) is 0. The second-order valence-electron chi connectivity index (χ2n) is 4.94. The number of rotatable bonds is 3. The van der Waals surface area contributed by atoms with Crippen LogP contribution in [-0.2, 0) is 0 Å².